The van der Waals surface area contributed by atoms with E-state index in [0.29, 0.717) is 0 Å². The zero-order chi connectivity index (χ0) is 17.1. The van der Waals surface area contributed by atoms with Gasteiger partial charge >= 0.3 is 0 Å². The van der Waals surface area contributed by atoms with Gasteiger partial charge in [-0.3, -0.25) is 9.91 Å². The molecular weight excluding hydrogens is 394 g/mol. The Bertz CT molecular complexity index is 876. The predicted octanol–water partition coefficient (Wildman–Crippen LogP) is 4.82. The maximum absolute atomic E-state index is 4.63. The molecule has 4 rings (SSSR count). The van der Waals surface area contributed by atoms with Gasteiger partial charge in [-0.2, -0.15) is 5.10 Å². The first-order valence-electron chi connectivity index (χ1n) is 8.51. The molecule has 0 unspecified atom stereocenters. The molecule has 2 aromatic carbocycles. The van der Waals surface area contributed by atoms with Gasteiger partial charge in [0.1, 0.15) is 0 Å². The van der Waals surface area contributed by atoms with Crippen LogP contribution in [0.15, 0.2) is 63.5 Å². The van der Waals surface area contributed by atoms with Crippen LogP contribution in [-0.4, -0.2) is 42.3 Å². The van der Waals surface area contributed by atoms with E-state index in [2.05, 4.69) is 85.5 Å². The van der Waals surface area contributed by atoms with E-state index in [1.165, 1.54) is 21.2 Å². The van der Waals surface area contributed by atoms with Crippen LogP contribution in [0.5, 0.6) is 0 Å². The summed E-state index contributed by atoms with van der Waals surface area (Å²) in [6, 6.07) is 19.4. The molecule has 3 nitrogen and oxygen atoms in total. The van der Waals surface area contributed by atoms with Gasteiger partial charge in [-0.15, -0.1) is 11.3 Å². The third-order valence-electron chi connectivity index (χ3n) is 4.56. The smallest absolute Gasteiger partial charge is 0.0705 e. The van der Waals surface area contributed by atoms with E-state index < -0.39 is 0 Å². The topological polar surface area (TPSA) is 18.8 Å². The van der Waals surface area contributed by atoms with Crippen molar-refractivity contribution < 1.29 is 0 Å². The number of halogens is 1. The van der Waals surface area contributed by atoms with Gasteiger partial charge in [-0.1, -0.05) is 42.5 Å². The zero-order valence-electron chi connectivity index (χ0n) is 13.9. The second-order valence-electron chi connectivity index (χ2n) is 6.25. The van der Waals surface area contributed by atoms with Gasteiger partial charge in [-0.05, 0) is 44.4 Å². The number of hydrogen-bond donors (Lipinski definition) is 0. The minimum Gasteiger partial charge on any atom is -0.295 e. The van der Waals surface area contributed by atoms with Gasteiger partial charge in [0, 0.05) is 37.6 Å². The number of thiophene rings is 1. The molecule has 0 amide bonds. The molecule has 0 atom stereocenters. The summed E-state index contributed by atoms with van der Waals surface area (Å²) in [4.78, 5) is 3.71. The number of rotatable bonds is 4. The highest BCUT2D eigenvalue weighted by atomic mass is 79.9. The highest BCUT2D eigenvalue weighted by Crippen LogP contribution is 2.22. The van der Waals surface area contributed by atoms with Crippen LogP contribution in [0.1, 0.15) is 10.4 Å². The van der Waals surface area contributed by atoms with Crippen molar-refractivity contribution in [3.63, 3.8) is 0 Å². The van der Waals surface area contributed by atoms with Crippen molar-refractivity contribution in [2.75, 3.05) is 26.2 Å². The van der Waals surface area contributed by atoms with E-state index in [9.17, 15) is 0 Å². The maximum Gasteiger partial charge on any atom is 0.0705 e. The van der Waals surface area contributed by atoms with Gasteiger partial charge in [-0.25, -0.2) is 0 Å². The van der Waals surface area contributed by atoms with Crippen molar-refractivity contribution in [3.05, 3.63) is 68.8 Å². The van der Waals surface area contributed by atoms with Gasteiger partial charge in [0.15, 0.2) is 0 Å². The Morgan fingerprint density at radius 1 is 0.960 bits per heavy atom. The maximum atomic E-state index is 4.63. The molecule has 25 heavy (non-hydrogen) atoms. The summed E-state index contributed by atoms with van der Waals surface area (Å²) in [6.45, 7) is 5.07. The molecule has 2 heterocycles. The normalized spacial score (nSPS) is 16.1. The van der Waals surface area contributed by atoms with Crippen LogP contribution in [0.4, 0.5) is 0 Å². The number of fused-ring (bicyclic) bond motifs is 1. The van der Waals surface area contributed by atoms with Gasteiger partial charge < -0.3 is 0 Å². The van der Waals surface area contributed by atoms with E-state index in [1.807, 2.05) is 6.21 Å². The fourth-order valence-corrected chi connectivity index (χ4v) is 4.51. The lowest BCUT2D eigenvalue weighted by atomic mass is 10.0. The number of piperazine rings is 1. The first-order valence-corrected chi connectivity index (χ1v) is 10.1. The molecule has 1 saturated heterocycles. The molecule has 0 bridgehead atoms. The number of nitrogens with zero attached hydrogens (tertiary/aromatic N) is 3. The lowest BCUT2D eigenvalue weighted by Crippen LogP contribution is -2.43. The standard InChI is InChI=1S/C20H20BrN3S/c21-20-9-8-18(25-20)14-22-24-12-10-23(11-13-24)15-17-6-3-5-16-4-1-2-7-19(16)17/h1-9,14H,10-13,15H2. The molecule has 0 saturated carbocycles. The van der Waals surface area contributed by atoms with Crippen molar-refractivity contribution in [3.8, 4) is 0 Å². The SMILES string of the molecule is Brc1ccc(C=NN2CCN(Cc3cccc4ccccc34)CC2)s1. The molecule has 0 N–H and O–H groups in total. The fourth-order valence-electron chi connectivity index (χ4n) is 3.22. The van der Waals surface area contributed by atoms with E-state index >= 15 is 0 Å². The van der Waals surface area contributed by atoms with E-state index in [0.717, 1.165) is 36.5 Å². The minimum absolute atomic E-state index is 0.980. The molecule has 128 valence electrons. The Balaban J connectivity index is 1.36. The monoisotopic (exact) mass is 413 g/mol. The van der Waals surface area contributed by atoms with Crippen LogP contribution < -0.4 is 0 Å². The average Bonchev–Trinajstić information content (AvgIpc) is 3.07. The van der Waals surface area contributed by atoms with E-state index in [-0.39, 0.29) is 0 Å². The molecule has 1 aromatic heterocycles. The number of hydrazone groups is 1. The first kappa shape index (κ1) is 16.8. The molecule has 0 aliphatic carbocycles. The third-order valence-corrected chi connectivity index (χ3v) is 6.12. The van der Waals surface area contributed by atoms with Crippen LogP contribution in [0.3, 0.4) is 0 Å². The first-order chi connectivity index (χ1) is 12.3. The third kappa shape index (κ3) is 4.11. The predicted molar refractivity (Wildman–Crippen MR) is 110 cm³/mol. The Kier molecular flexibility index (Phi) is 5.15. The van der Waals surface area contributed by atoms with Crippen LogP contribution in [0.2, 0.25) is 0 Å². The molecular formula is C20H20BrN3S. The van der Waals surface area contributed by atoms with Crippen molar-refractivity contribution in [2.45, 2.75) is 6.54 Å². The molecule has 0 spiro atoms. The summed E-state index contributed by atoms with van der Waals surface area (Å²) in [5.74, 6) is 0. The Morgan fingerprint density at radius 2 is 1.76 bits per heavy atom. The Morgan fingerprint density at radius 3 is 2.56 bits per heavy atom. The molecule has 0 radical (unpaired) electrons. The minimum atomic E-state index is 0.980. The number of benzene rings is 2. The Hall–Kier alpha value is -1.69. The molecule has 1 aliphatic rings. The summed E-state index contributed by atoms with van der Waals surface area (Å²) in [7, 11) is 0. The molecule has 3 aromatic rings. The summed E-state index contributed by atoms with van der Waals surface area (Å²) in [5, 5.41) is 9.50. The highest BCUT2D eigenvalue weighted by molar-refractivity contribution is 9.11. The average molecular weight is 414 g/mol. The number of hydrogen-bond acceptors (Lipinski definition) is 4. The van der Waals surface area contributed by atoms with E-state index in [1.54, 1.807) is 11.3 Å². The summed E-state index contributed by atoms with van der Waals surface area (Å²) >= 11 is 5.20. The van der Waals surface area contributed by atoms with Crippen molar-refractivity contribution in [2.24, 2.45) is 5.10 Å². The van der Waals surface area contributed by atoms with E-state index in [4.69, 9.17) is 0 Å². The van der Waals surface area contributed by atoms with Crippen LogP contribution in [-0.2, 0) is 6.54 Å². The largest absolute Gasteiger partial charge is 0.295 e. The second kappa shape index (κ2) is 7.68. The Labute approximate surface area is 160 Å². The van der Waals surface area contributed by atoms with Gasteiger partial charge in [0.2, 0.25) is 0 Å². The van der Waals surface area contributed by atoms with Crippen molar-refractivity contribution in [1.29, 1.82) is 0 Å². The highest BCUT2D eigenvalue weighted by Gasteiger charge is 2.16. The van der Waals surface area contributed by atoms with Gasteiger partial charge in [0.25, 0.3) is 0 Å². The lowest BCUT2D eigenvalue weighted by Gasteiger charge is -2.33. The van der Waals surface area contributed by atoms with Crippen LogP contribution in [0, 0.1) is 0 Å². The zero-order valence-corrected chi connectivity index (χ0v) is 16.3. The van der Waals surface area contributed by atoms with Crippen molar-refractivity contribution in [1.82, 2.24) is 9.91 Å². The van der Waals surface area contributed by atoms with Crippen LogP contribution in [0.25, 0.3) is 10.8 Å². The van der Waals surface area contributed by atoms with Gasteiger partial charge in [0.05, 0.1) is 10.0 Å². The summed E-state index contributed by atoms with van der Waals surface area (Å²) < 4.78 is 1.15. The quantitative estimate of drug-likeness (QED) is 0.571. The summed E-state index contributed by atoms with van der Waals surface area (Å²) in [6.07, 6.45) is 1.97. The molecule has 5 heteroatoms. The molecule has 1 fully saturated rings. The van der Waals surface area contributed by atoms with Crippen LogP contribution >= 0.6 is 27.3 Å². The lowest BCUT2D eigenvalue weighted by molar-refractivity contribution is 0.131. The fraction of sp³-hybridized carbons (Fsp3) is 0.250. The molecule has 1 aliphatic heterocycles. The second-order valence-corrected chi connectivity index (χ2v) is 8.75. The summed E-state index contributed by atoms with van der Waals surface area (Å²) in [5.41, 5.74) is 1.42. The van der Waals surface area contributed by atoms with Crippen molar-refractivity contribution >= 4 is 44.3 Å².